The van der Waals surface area contributed by atoms with E-state index in [1.807, 2.05) is 19.1 Å². The molecule has 0 bridgehead atoms. The normalized spacial score (nSPS) is 23.4. The first-order valence-corrected chi connectivity index (χ1v) is 6.47. The number of methoxy groups -OCH3 is 1. The molecule has 1 aromatic carbocycles. The first-order chi connectivity index (χ1) is 9.10. The molecule has 0 aromatic heterocycles. The highest BCUT2D eigenvalue weighted by molar-refractivity contribution is 5.76. The molecule has 102 valence electrons. The monoisotopic (exact) mass is 260 g/mol. The van der Waals surface area contributed by atoms with Crippen molar-refractivity contribution in [1.82, 2.24) is 10.9 Å². The highest BCUT2D eigenvalue weighted by atomic mass is 16.5. The molecule has 2 atom stereocenters. The van der Waals surface area contributed by atoms with E-state index in [1.54, 1.807) is 7.11 Å². The minimum Gasteiger partial charge on any atom is -0.496 e. The van der Waals surface area contributed by atoms with Crippen molar-refractivity contribution in [2.24, 2.45) is 5.92 Å². The standard InChI is InChI=1S/C15H20N2O2/c1-10-9-15(18)17-16-13(10)6-4-12-5-7-14(19-3)11(2)8-12/h4-8,10,13,16H,9H2,1-3H3,(H,17,18)/b6-4+. The Morgan fingerprint density at radius 1 is 1.42 bits per heavy atom. The van der Waals surface area contributed by atoms with Crippen molar-refractivity contribution >= 4 is 12.0 Å². The summed E-state index contributed by atoms with van der Waals surface area (Å²) in [7, 11) is 1.67. The van der Waals surface area contributed by atoms with Crippen LogP contribution in [0.15, 0.2) is 24.3 Å². The van der Waals surface area contributed by atoms with Crippen molar-refractivity contribution in [3.05, 3.63) is 35.4 Å². The van der Waals surface area contributed by atoms with Crippen molar-refractivity contribution in [3.8, 4) is 5.75 Å². The Labute approximate surface area is 113 Å². The molecule has 19 heavy (non-hydrogen) atoms. The van der Waals surface area contributed by atoms with Crippen LogP contribution in [0.2, 0.25) is 0 Å². The highest BCUT2D eigenvalue weighted by Crippen LogP contribution is 2.20. The Balaban J connectivity index is 2.06. The number of amides is 1. The maximum Gasteiger partial charge on any atom is 0.234 e. The molecule has 2 N–H and O–H groups in total. The molecular formula is C15H20N2O2. The van der Waals surface area contributed by atoms with E-state index in [0.29, 0.717) is 12.3 Å². The summed E-state index contributed by atoms with van der Waals surface area (Å²) in [6, 6.07) is 6.24. The van der Waals surface area contributed by atoms with Gasteiger partial charge in [-0.25, -0.2) is 5.43 Å². The minimum atomic E-state index is 0.0532. The van der Waals surface area contributed by atoms with Gasteiger partial charge in [0.25, 0.3) is 0 Å². The molecule has 0 aliphatic carbocycles. The third-order valence-electron chi connectivity index (χ3n) is 3.41. The fourth-order valence-electron chi connectivity index (χ4n) is 2.23. The third-order valence-corrected chi connectivity index (χ3v) is 3.41. The number of carbonyl (C=O) groups excluding carboxylic acids is 1. The van der Waals surface area contributed by atoms with Crippen molar-refractivity contribution < 1.29 is 9.53 Å². The van der Waals surface area contributed by atoms with Crippen LogP contribution >= 0.6 is 0 Å². The first kappa shape index (κ1) is 13.6. The Morgan fingerprint density at radius 2 is 2.21 bits per heavy atom. The number of nitrogens with one attached hydrogen (secondary N) is 2. The molecule has 1 fully saturated rings. The molecule has 0 saturated carbocycles. The van der Waals surface area contributed by atoms with E-state index in [9.17, 15) is 4.79 Å². The number of ether oxygens (including phenoxy) is 1. The van der Waals surface area contributed by atoms with Crippen LogP contribution in [0.4, 0.5) is 0 Å². The topological polar surface area (TPSA) is 50.4 Å². The SMILES string of the molecule is COc1ccc(/C=C/C2NNC(=O)CC2C)cc1C. The van der Waals surface area contributed by atoms with E-state index in [-0.39, 0.29) is 11.9 Å². The van der Waals surface area contributed by atoms with Gasteiger partial charge in [-0.15, -0.1) is 0 Å². The lowest BCUT2D eigenvalue weighted by molar-refractivity contribution is -0.125. The van der Waals surface area contributed by atoms with Crippen LogP contribution in [0.3, 0.4) is 0 Å². The molecule has 1 amide bonds. The number of hydrogen-bond acceptors (Lipinski definition) is 3. The van der Waals surface area contributed by atoms with Gasteiger partial charge >= 0.3 is 0 Å². The lowest BCUT2D eigenvalue weighted by Crippen LogP contribution is -2.52. The van der Waals surface area contributed by atoms with Crippen LogP contribution in [0.5, 0.6) is 5.75 Å². The minimum absolute atomic E-state index is 0.0532. The quantitative estimate of drug-likeness (QED) is 0.874. The smallest absolute Gasteiger partial charge is 0.234 e. The number of hydrogen-bond donors (Lipinski definition) is 2. The predicted molar refractivity (Wildman–Crippen MR) is 75.6 cm³/mol. The highest BCUT2D eigenvalue weighted by Gasteiger charge is 2.22. The molecule has 1 saturated heterocycles. The lowest BCUT2D eigenvalue weighted by atomic mass is 9.95. The zero-order chi connectivity index (χ0) is 13.8. The molecule has 2 rings (SSSR count). The maximum absolute atomic E-state index is 11.2. The number of hydrazine groups is 1. The predicted octanol–water partition coefficient (Wildman–Crippen LogP) is 2.05. The van der Waals surface area contributed by atoms with Crippen LogP contribution in [0, 0.1) is 12.8 Å². The maximum atomic E-state index is 11.2. The van der Waals surface area contributed by atoms with Gasteiger partial charge in [0, 0.05) is 12.5 Å². The zero-order valence-electron chi connectivity index (χ0n) is 11.6. The Bertz CT molecular complexity index is 497. The summed E-state index contributed by atoms with van der Waals surface area (Å²) in [5.41, 5.74) is 7.93. The molecule has 4 nitrogen and oxygen atoms in total. The largest absolute Gasteiger partial charge is 0.496 e. The average Bonchev–Trinajstić information content (AvgIpc) is 2.38. The van der Waals surface area contributed by atoms with E-state index >= 15 is 0 Å². The van der Waals surface area contributed by atoms with Crippen LogP contribution in [-0.4, -0.2) is 19.1 Å². The summed E-state index contributed by atoms with van der Waals surface area (Å²) in [6.45, 7) is 4.10. The third kappa shape index (κ3) is 3.35. The van der Waals surface area contributed by atoms with Crippen molar-refractivity contribution in [2.45, 2.75) is 26.3 Å². The van der Waals surface area contributed by atoms with Crippen LogP contribution in [0.25, 0.3) is 6.08 Å². The summed E-state index contributed by atoms with van der Waals surface area (Å²) >= 11 is 0. The van der Waals surface area contributed by atoms with Crippen molar-refractivity contribution in [2.75, 3.05) is 7.11 Å². The second-order valence-electron chi connectivity index (χ2n) is 4.99. The molecule has 4 heteroatoms. The summed E-state index contributed by atoms with van der Waals surface area (Å²) in [4.78, 5) is 11.2. The van der Waals surface area contributed by atoms with Gasteiger partial charge in [-0.2, -0.15) is 0 Å². The molecule has 0 spiro atoms. The van der Waals surface area contributed by atoms with Crippen molar-refractivity contribution in [3.63, 3.8) is 0 Å². The van der Waals surface area contributed by atoms with Crippen molar-refractivity contribution in [1.29, 1.82) is 0 Å². The van der Waals surface area contributed by atoms with Gasteiger partial charge in [0.15, 0.2) is 0 Å². The molecule has 1 heterocycles. The molecular weight excluding hydrogens is 240 g/mol. The second-order valence-corrected chi connectivity index (χ2v) is 4.99. The number of carbonyl (C=O) groups is 1. The summed E-state index contributed by atoms with van der Waals surface area (Å²) < 4.78 is 5.24. The van der Waals surface area contributed by atoms with Crippen LogP contribution in [-0.2, 0) is 4.79 Å². The Hall–Kier alpha value is -1.81. The Morgan fingerprint density at radius 3 is 2.84 bits per heavy atom. The number of rotatable bonds is 3. The first-order valence-electron chi connectivity index (χ1n) is 6.47. The number of aryl methyl sites for hydroxylation is 1. The molecule has 1 aliphatic heterocycles. The fourth-order valence-corrected chi connectivity index (χ4v) is 2.23. The van der Waals surface area contributed by atoms with Crippen LogP contribution < -0.4 is 15.6 Å². The van der Waals surface area contributed by atoms with Gasteiger partial charge in [0.05, 0.1) is 7.11 Å². The zero-order valence-corrected chi connectivity index (χ0v) is 11.6. The average molecular weight is 260 g/mol. The van der Waals surface area contributed by atoms with Crippen LogP contribution in [0.1, 0.15) is 24.5 Å². The summed E-state index contributed by atoms with van der Waals surface area (Å²) in [5.74, 6) is 1.25. The summed E-state index contributed by atoms with van der Waals surface area (Å²) in [6.07, 6.45) is 4.72. The van der Waals surface area contributed by atoms with Gasteiger partial charge in [-0.05, 0) is 36.1 Å². The van der Waals surface area contributed by atoms with Gasteiger partial charge in [-0.1, -0.05) is 25.1 Å². The molecule has 0 radical (unpaired) electrons. The van der Waals surface area contributed by atoms with Gasteiger partial charge < -0.3 is 4.74 Å². The van der Waals surface area contributed by atoms with Gasteiger partial charge in [-0.3, -0.25) is 10.2 Å². The Kier molecular flexibility index (Phi) is 4.22. The number of benzene rings is 1. The van der Waals surface area contributed by atoms with E-state index in [1.165, 1.54) is 0 Å². The van der Waals surface area contributed by atoms with Gasteiger partial charge in [0.1, 0.15) is 5.75 Å². The van der Waals surface area contributed by atoms with Gasteiger partial charge in [0.2, 0.25) is 5.91 Å². The molecule has 1 aliphatic rings. The molecule has 1 aromatic rings. The molecule has 2 unspecified atom stereocenters. The fraction of sp³-hybridized carbons (Fsp3) is 0.400. The van der Waals surface area contributed by atoms with E-state index in [4.69, 9.17) is 4.74 Å². The lowest BCUT2D eigenvalue weighted by Gasteiger charge is -2.27. The van der Waals surface area contributed by atoms with E-state index in [2.05, 4.69) is 36.0 Å². The second kappa shape index (κ2) is 5.89. The van der Waals surface area contributed by atoms with E-state index in [0.717, 1.165) is 16.9 Å². The van der Waals surface area contributed by atoms with E-state index < -0.39 is 0 Å². The summed E-state index contributed by atoms with van der Waals surface area (Å²) in [5, 5.41) is 0.